The minimum Gasteiger partial charge on any atom is -0.119 e. The van der Waals surface area contributed by atoms with Gasteiger partial charge < -0.3 is 0 Å². The normalized spacial score (nSPS) is 16.4. The monoisotopic (exact) mass is 416 g/mol. The standard InChI is InChI=1S/C29H37P/c1-9-15-17-19-22-28(14-6)24-30(8,23-27(13-5)21-18-16-10-2)25-29(20-11-3)26(7)12-4/h2,4,6,11,15-22,28H,8-9,13,23-25H2,1,3,5,7H3/b17-15-,18-16-,20-11-,22-19-,27-21+,29-26+. The van der Waals surface area contributed by atoms with Crippen LogP contribution in [0.4, 0.5) is 0 Å². The molecule has 0 aliphatic rings. The lowest BCUT2D eigenvalue weighted by Crippen LogP contribution is -2.11. The Balaban J connectivity index is 6.07. The van der Waals surface area contributed by atoms with Gasteiger partial charge >= 0.3 is 0 Å². The quantitative estimate of drug-likeness (QED) is 0.178. The van der Waals surface area contributed by atoms with Crippen LogP contribution in [0.5, 0.6) is 0 Å². The van der Waals surface area contributed by atoms with E-state index in [1.165, 1.54) is 11.1 Å². The molecule has 0 rings (SSSR count). The topological polar surface area (TPSA) is 0 Å². The van der Waals surface area contributed by atoms with Gasteiger partial charge in [0.25, 0.3) is 0 Å². The molecule has 1 heteroatoms. The Hall–Kier alpha value is -2.58. The summed E-state index contributed by atoms with van der Waals surface area (Å²) in [6, 6.07) is 0. The highest BCUT2D eigenvalue weighted by atomic mass is 31.2. The Bertz CT molecular complexity index is 876. The third-order valence-electron chi connectivity index (χ3n) is 4.71. The van der Waals surface area contributed by atoms with Crippen LogP contribution in [-0.4, -0.2) is 24.8 Å². The van der Waals surface area contributed by atoms with Crippen LogP contribution in [0.3, 0.4) is 0 Å². The van der Waals surface area contributed by atoms with E-state index in [0.717, 1.165) is 36.9 Å². The third kappa shape index (κ3) is 11.4. The van der Waals surface area contributed by atoms with Gasteiger partial charge in [0, 0.05) is 11.5 Å². The number of hydrogen-bond donors (Lipinski definition) is 0. The van der Waals surface area contributed by atoms with Crippen molar-refractivity contribution in [2.24, 2.45) is 5.92 Å². The van der Waals surface area contributed by atoms with Crippen LogP contribution in [0, 0.1) is 42.9 Å². The van der Waals surface area contributed by atoms with Gasteiger partial charge in [-0.15, -0.1) is 26.2 Å². The van der Waals surface area contributed by atoms with Crippen molar-refractivity contribution in [1.82, 2.24) is 0 Å². The first-order valence-electron chi connectivity index (χ1n) is 10.5. The summed E-state index contributed by atoms with van der Waals surface area (Å²) in [6.07, 6.45) is 44.7. The average Bonchev–Trinajstić information content (AvgIpc) is 2.74. The van der Waals surface area contributed by atoms with Crippen LogP contribution in [-0.2, 0) is 0 Å². The van der Waals surface area contributed by atoms with Gasteiger partial charge in [0.05, 0.1) is 0 Å². The Morgan fingerprint density at radius 2 is 1.83 bits per heavy atom. The van der Waals surface area contributed by atoms with E-state index in [-0.39, 0.29) is 5.92 Å². The molecule has 0 aromatic carbocycles. The summed E-state index contributed by atoms with van der Waals surface area (Å²) in [6.45, 7) is 6.60. The van der Waals surface area contributed by atoms with Gasteiger partial charge in [-0.1, -0.05) is 92.1 Å². The van der Waals surface area contributed by atoms with Crippen molar-refractivity contribution in [2.45, 2.75) is 40.5 Å². The van der Waals surface area contributed by atoms with Crippen molar-refractivity contribution in [2.75, 3.05) is 18.5 Å². The minimum absolute atomic E-state index is 0.0506. The van der Waals surface area contributed by atoms with E-state index >= 15 is 0 Å². The minimum atomic E-state index is -1.70. The van der Waals surface area contributed by atoms with Crippen molar-refractivity contribution < 1.29 is 0 Å². The SMILES string of the molecule is C#C/C=C\C=C(/CC)CP(=C)(CC(/C=C\C)=C(\C)C#C)CC(C#C)/C=C\C=C/CC. The molecule has 0 amide bonds. The summed E-state index contributed by atoms with van der Waals surface area (Å²) in [5.41, 5.74) is 3.49. The molecule has 0 bridgehead atoms. The van der Waals surface area contributed by atoms with Crippen LogP contribution >= 0.6 is 6.89 Å². The van der Waals surface area contributed by atoms with E-state index in [0.29, 0.717) is 0 Å². The highest BCUT2D eigenvalue weighted by Gasteiger charge is 2.21. The summed E-state index contributed by atoms with van der Waals surface area (Å²) in [5.74, 6) is 8.36. The van der Waals surface area contributed by atoms with Gasteiger partial charge in [-0.3, -0.25) is 0 Å². The Morgan fingerprint density at radius 1 is 1.10 bits per heavy atom. The molecule has 0 saturated carbocycles. The van der Waals surface area contributed by atoms with Gasteiger partial charge in [0.2, 0.25) is 0 Å². The maximum atomic E-state index is 5.89. The predicted molar refractivity (Wildman–Crippen MR) is 142 cm³/mol. The number of terminal acetylenes is 3. The van der Waals surface area contributed by atoms with Crippen LogP contribution < -0.4 is 0 Å². The van der Waals surface area contributed by atoms with Gasteiger partial charge in [-0.05, 0) is 56.8 Å². The van der Waals surface area contributed by atoms with E-state index in [4.69, 9.17) is 25.6 Å². The zero-order valence-electron chi connectivity index (χ0n) is 19.2. The zero-order chi connectivity index (χ0) is 22.8. The average molecular weight is 417 g/mol. The van der Waals surface area contributed by atoms with E-state index in [1.807, 2.05) is 26.0 Å². The lowest BCUT2D eigenvalue weighted by Gasteiger charge is -2.28. The molecule has 0 heterocycles. The number of allylic oxidation sites excluding steroid dienone is 12. The third-order valence-corrected chi connectivity index (χ3v) is 7.97. The molecule has 158 valence electrons. The van der Waals surface area contributed by atoms with E-state index in [9.17, 15) is 0 Å². The van der Waals surface area contributed by atoms with Gasteiger partial charge in [0.15, 0.2) is 0 Å². The summed E-state index contributed by atoms with van der Waals surface area (Å²) >= 11 is 0. The highest BCUT2D eigenvalue weighted by molar-refractivity contribution is 7.74. The summed E-state index contributed by atoms with van der Waals surface area (Å²) in [5, 5.41) is 0. The van der Waals surface area contributed by atoms with E-state index in [1.54, 1.807) is 6.08 Å². The molecule has 2 unspecified atom stereocenters. The van der Waals surface area contributed by atoms with Crippen LogP contribution in [0.15, 0.2) is 71.4 Å². The predicted octanol–water partition coefficient (Wildman–Crippen LogP) is 7.26. The molecular formula is C29H37P. The van der Waals surface area contributed by atoms with Gasteiger partial charge in [-0.2, -0.15) is 0 Å². The maximum absolute atomic E-state index is 5.89. The first-order chi connectivity index (χ1) is 14.4. The number of hydrogen-bond acceptors (Lipinski definition) is 0. The second kappa shape index (κ2) is 16.2. The zero-order valence-corrected chi connectivity index (χ0v) is 20.1. The second-order valence-corrected chi connectivity index (χ2v) is 11.0. The maximum Gasteiger partial charge on any atom is 0.0422 e. The molecule has 0 fully saturated rings. The molecule has 0 spiro atoms. The first-order valence-corrected chi connectivity index (χ1v) is 13.0. The van der Waals surface area contributed by atoms with Crippen LogP contribution in [0.25, 0.3) is 0 Å². The van der Waals surface area contributed by atoms with Crippen molar-refractivity contribution >= 4 is 13.2 Å². The van der Waals surface area contributed by atoms with Gasteiger partial charge in [0.1, 0.15) is 0 Å². The fraction of sp³-hybridized carbons (Fsp3) is 0.345. The van der Waals surface area contributed by atoms with E-state index in [2.05, 4.69) is 68.1 Å². The fourth-order valence-electron chi connectivity index (χ4n) is 3.09. The molecule has 30 heavy (non-hydrogen) atoms. The van der Waals surface area contributed by atoms with Gasteiger partial charge in [-0.25, -0.2) is 0 Å². The molecule has 0 aliphatic carbocycles. The molecule has 0 radical (unpaired) electrons. The van der Waals surface area contributed by atoms with Crippen LogP contribution in [0.1, 0.15) is 40.5 Å². The summed E-state index contributed by atoms with van der Waals surface area (Å²) in [4.78, 5) is 0. The van der Waals surface area contributed by atoms with E-state index < -0.39 is 6.89 Å². The number of rotatable bonds is 12. The molecule has 2 atom stereocenters. The molecule has 0 saturated heterocycles. The largest absolute Gasteiger partial charge is 0.119 e. The Kier molecular flexibility index (Phi) is 14.8. The van der Waals surface area contributed by atoms with Crippen molar-refractivity contribution in [1.29, 1.82) is 0 Å². The van der Waals surface area contributed by atoms with Crippen molar-refractivity contribution in [3.8, 4) is 37.0 Å². The molecule has 0 nitrogen and oxygen atoms in total. The lowest BCUT2D eigenvalue weighted by atomic mass is 10.1. The molecule has 0 aliphatic heterocycles. The Labute approximate surface area is 186 Å². The summed E-state index contributed by atoms with van der Waals surface area (Å²) in [7, 11) is 0. The summed E-state index contributed by atoms with van der Waals surface area (Å²) < 4.78 is 0. The Morgan fingerprint density at radius 3 is 2.37 bits per heavy atom. The smallest absolute Gasteiger partial charge is 0.0422 e. The van der Waals surface area contributed by atoms with Crippen molar-refractivity contribution in [3.05, 3.63) is 71.4 Å². The highest BCUT2D eigenvalue weighted by Crippen LogP contribution is 2.51. The fourth-order valence-corrected chi connectivity index (χ4v) is 6.78. The lowest BCUT2D eigenvalue weighted by molar-refractivity contribution is 0.980. The first kappa shape index (κ1) is 27.4. The molecule has 0 aromatic rings. The molecule has 0 N–H and O–H groups in total. The second-order valence-electron chi connectivity index (χ2n) is 7.33. The van der Waals surface area contributed by atoms with Crippen molar-refractivity contribution in [3.63, 3.8) is 0 Å². The molecule has 0 aromatic heterocycles. The molecular weight excluding hydrogens is 379 g/mol. The van der Waals surface area contributed by atoms with Crippen LogP contribution in [0.2, 0.25) is 0 Å².